The Bertz CT molecular complexity index is 908. The number of pyridine rings is 1. The molecule has 2 aromatic rings. The third-order valence-electron chi connectivity index (χ3n) is 4.83. The van der Waals surface area contributed by atoms with Gasteiger partial charge in [-0.15, -0.1) is 0 Å². The van der Waals surface area contributed by atoms with Crippen LogP contribution in [0.5, 0.6) is 0 Å². The van der Waals surface area contributed by atoms with Gasteiger partial charge in [0.1, 0.15) is 0 Å². The van der Waals surface area contributed by atoms with Crippen LogP contribution in [-0.2, 0) is 16.6 Å². The molecule has 3 N–H and O–H groups in total. The molecule has 3 rings (SSSR count). The lowest BCUT2D eigenvalue weighted by atomic mass is 10.0. The SMILES string of the molecule is Cc1ccc(S(N)(=O)=O)cc1C(=O)NC1CCN(Cc2cccnc2)CC1. The van der Waals surface area contributed by atoms with Crippen LogP contribution in [-0.4, -0.2) is 43.3 Å². The van der Waals surface area contributed by atoms with E-state index in [1.807, 2.05) is 12.3 Å². The number of carbonyl (C=O) groups is 1. The molecule has 7 nitrogen and oxygen atoms in total. The first-order valence-electron chi connectivity index (χ1n) is 8.88. The molecule has 8 heteroatoms. The summed E-state index contributed by atoms with van der Waals surface area (Å²) in [6, 6.07) is 8.42. The summed E-state index contributed by atoms with van der Waals surface area (Å²) < 4.78 is 23.1. The van der Waals surface area contributed by atoms with Crippen LogP contribution in [0.1, 0.15) is 34.3 Å². The van der Waals surface area contributed by atoms with Crippen LogP contribution in [0.3, 0.4) is 0 Å². The number of carbonyl (C=O) groups excluding carboxylic acids is 1. The lowest BCUT2D eigenvalue weighted by molar-refractivity contribution is 0.0908. The number of piperidine rings is 1. The number of nitrogens with zero attached hydrogens (tertiary/aromatic N) is 2. The average molecular weight is 388 g/mol. The highest BCUT2D eigenvalue weighted by Crippen LogP contribution is 2.17. The van der Waals surface area contributed by atoms with Gasteiger partial charge >= 0.3 is 0 Å². The first-order valence-corrected chi connectivity index (χ1v) is 10.4. The quantitative estimate of drug-likeness (QED) is 0.806. The van der Waals surface area contributed by atoms with Crippen LogP contribution in [0.2, 0.25) is 0 Å². The summed E-state index contributed by atoms with van der Waals surface area (Å²) in [5.74, 6) is -0.260. The zero-order valence-corrected chi connectivity index (χ0v) is 16.1. The second-order valence-corrected chi connectivity index (χ2v) is 8.47. The third kappa shape index (κ3) is 5.12. The number of hydrogen-bond donors (Lipinski definition) is 2. The van der Waals surface area contributed by atoms with Crippen molar-refractivity contribution in [2.45, 2.75) is 37.2 Å². The molecule has 144 valence electrons. The number of amides is 1. The molecule has 1 aliphatic heterocycles. The van der Waals surface area contributed by atoms with Gasteiger partial charge in [-0.2, -0.15) is 0 Å². The Morgan fingerprint density at radius 2 is 2.04 bits per heavy atom. The highest BCUT2D eigenvalue weighted by Gasteiger charge is 2.22. The summed E-state index contributed by atoms with van der Waals surface area (Å²) in [7, 11) is -3.84. The van der Waals surface area contributed by atoms with Gasteiger partial charge in [-0.25, -0.2) is 13.6 Å². The number of aryl methyl sites for hydroxylation is 1. The predicted molar refractivity (Wildman–Crippen MR) is 103 cm³/mol. The van der Waals surface area contributed by atoms with E-state index < -0.39 is 10.0 Å². The molecule has 2 heterocycles. The van der Waals surface area contributed by atoms with Crippen LogP contribution in [0.4, 0.5) is 0 Å². The molecule has 0 atom stereocenters. The molecule has 0 bridgehead atoms. The molecule has 1 aromatic carbocycles. The molecule has 0 unspecified atom stereocenters. The molecule has 1 saturated heterocycles. The maximum atomic E-state index is 12.6. The Kier molecular flexibility index (Phi) is 5.88. The second kappa shape index (κ2) is 8.16. The molecular formula is C19H24N4O3S. The first kappa shape index (κ1) is 19.5. The van der Waals surface area contributed by atoms with E-state index in [0.717, 1.165) is 32.5 Å². The smallest absolute Gasteiger partial charge is 0.251 e. The number of likely N-dealkylation sites (tertiary alicyclic amines) is 1. The van der Waals surface area contributed by atoms with Crippen molar-refractivity contribution >= 4 is 15.9 Å². The standard InChI is InChI=1S/C19H24N4O3S/c1-14-4-5-17(27(20,25)26)11-18(14)19(24)22-16-6-9-23(10-7-16)13-15-3-2-8-21-12-15/h2-5,8,11-12,16H,6-7,9-10,13H2,1H3,(H,22,24)(H2,20,25,26). The van der Waals surface area contributed by atoms with E-state index in [1.165, 1.54) is 17.7 Å². The lowest BCUT2D eigenvalue weighted by Gasteiger charge is -2.32. The van der Waals surface area contributed by atoms with Gasteiger partial charge in [-0.3, -0.25) is 14.7 Å². The van der Waals surface area contributed by atoms with Crippen molar-refractivity contribution < 1.29 is 13.2 Å². The Morgan fingerprint density at radius 1 is 1.30 bits per heavy atom. The molecule has 1 fully saturated rings. The van der Waals surface area contributed by atoms with Crippen LogP contribution in [0.15, 0.2) is 47.6 Å². The number of aromatic nitrogens is 1. The van der Waals surface area contributed by atoms with Gasteiger partial charge in [-0.05, 0) is 49.1 Å². The topological polar surface area (TPSA) is 105 Å². The fourth-order valence-electron chi connectivity index (χ4n) is 3.27. The molecule has 0 spiro atoms. The molecule has 1 aliphatic rings. The maximum absolute atomic E-state index is 12.6. The number of primary sulfonamides is 1. The van der Waals surface area contributed by atoms with Gasteiger partial charge in [0.05, 0.1) is 4.90 Å². The summed E-state index contributed by atoms with van der Waals surface area (Å²) >= 11 is 0. The molecule has 0 aliphatic carbocycles. The summed E-state index contributed by atoms with van der Waals surface area (Å²) in [5, 5.41) is 8.19. The Hall–Kier alpha value is -2.29. The van der Waals surface area contributed by atoms with Crippen molar-refractivity contribution in [1.82, 2.24) is 15.2 Å². The van der Waals surface area contributed by atoms with Crippen molar-refractivity contribution in [1.29, 1.82) is 0 Å². The van der Waals surface area contributed by atoms with Crippen molar-refractivity contribution in [3.63, 3.8) is 0 Å². The van der Waals surface area contributed by atoms with E-state index in [9.17, 15) is 13.2 Å². The van der Waals surface area contributed by atoms with Gasteiger partial charge in [0.2, 0.25) is 10.0 Å². The molecule has 0 radical (unpaired) electrons. The van der Waals surface area contributed by atoms with Crippen LogP contribution in [0, 0.1) is 6.92 Å². The van der Waals surface area contributed by atoms with E-state index in [1.54, 1.807) is 19.2 Å². The van der Waals surface area contributed by atoms with Crippen molar-refractivity contribution in [2.75, 3.05) is 13.1 Å². The molecular weight excluding hydrogens is 364 g/mol. The monoisotopic (exact) mass is 388 g/mol. The Morgan fingerprint density at radius 3 is 2.67 bits per heavy atom. The van der Waals surface area contributed by atoms with Crippen LogP contribution >= 0.6 is 0 Å². The van der Waals surface area contributed by atoms with E-state index in [4.69, 9.17) is 5.14 Å². The number of sulfonamides is 1. The highest BCUT2D eigenvalue weighted by atomic mass is 32.2. The number of benzene rings is 1. The van der Waals surface area contributed by atoms with Gasteiger partial charge < -0.3 is 5.32 Å². The molecule has 27 heavy (non-hydrogen) atoms. The van der Waals surface area contributed by atoms with Gasteiger partial charge in [-0.1, -0.05) is 12.1 Å². The summed E-state index contributed by atoms with van der Waals surface area (Å²) in [4.78, 5) is 19.0. The maximum Gasteiger partial charge on any atom is 0.251 e. The minimum atomic E-state index is -3.84. The normalized spacial score (nSPS) is 16.2. The summed E-state index contributed by atoms with van der Waals surface area (Å²) in [6.45, 7) is 4.40. The largest absolute Gasteiger partial charge is 0.349 e. The highest BCUT2D eigenvalue weighted by molar-refractivity contribution is 7.89. The number of nitrogens with two attached hydrogens (primary N) is 1. The van der Waals surface area contributed by atoms with Gasteiger partial charge in [0, 0.05) is 43.6 Å². The fourth-order valence-corrected chi connectivity index (χ4v) is 3.81. The average Bonchev–Trinajstić information content (AvgIpc) is 2.63. The predicted octanol–water partition coefficient (Wildman–Crippen LogP) is 1.43. The van der Waals surface area contributed by atoms with E-state index in [0.29, 0.717) is 11.1 Å². The van der Waals surface area contributed by atoms with Crippen molar-refractivity contribution in [3.8, 4) is 0 Å². The summed E-state index contributed by atoms with van der Waals surface area (Å²) in [5.41, 5.74) is 2.24. The number of hydrogen-bond acceptors (Lipinski definition) is 5. The number of rotatable bonds is 5. The summed E-state index contributed by atoms with van der Waals surface area (Å²) in [6.07, 6.45) is 5.33. The minimum absolute atomic E-state index is 0.0514. The van der Waals surface area contributed by atoms with Crippen LogP contribution in [0.25, 0.3) is 0 Å². The molecule has 1 aromatic heterocycles. The van der Waals surface area contributed by atoms with Crippen molar-refractivity contribution in [3.05, 3.63) is 59.4 Å². The molecule has 1 amide bonds. The Balaban J connectivity index is 1.58. The number of nitrogens with one attached hydrogen (secondary N) is 1. The fraction of sp³-hybridized carbons (Fsp3) is 0.368. The van der Waals surface area contributed by atoms with E-state index >= 15 is 0 Å². The van der Waals surface area contributed by atoms with Crippen LogP contribution < -0.4 is 10.5 Å². The lowest BCUT2D eigenvalue weighted by Crippen LogP contribution is -2.44. The van der Waals surface area contributed by atoms with Crippen molar-refractivity contribution in [2.24, 2.45) is 5.14 Å². The van der Waals surface area contributed by atoms with E-state index in [-0.39, 0.29) is 16.8 Å². The van der Waals surface area contributed by atoms with Gasteiger partial charge in [0.15, 0.2) is 0 Å². The third-order valence-corrected chi connectivity index (χ3v) is 5.74. The second-order valence-electron chi connectivity index (χ2n) is 6.91. The van der Waals surface area contributed by atoms with Gasteiger partial charge in [0.25, 0.3) is 5.91 Å². The zero-order chi connectivity index (χ0) is 19.4. The Labute approximate surface area is 159 Å². The minimum Gasteiger partial charge on any atom is -0.349 e. The zero-order valence-electron chi connectivity index (χ0n) is 15.3. The first-order chi connectivity index (χ1) is 12.8. The molecule has 0 saturated carbocycles. The van der Waals surface area contributed by atoms with E-state index in [2.05, 4.69) is 21.3 Å².